The first-order valence-corrected chi connectivity index (χ1v) is 12.0. The minimum absolute atomic E-state index is 0.196. The van der Waals surface area contributed by atoms with E-state index in [0.29, 0.717) is 30.2 Å². The number of pyridine rings is 2. The lowest BCUT2D eigenvalue weighted by Crippen LogP contribution is -2.36. The van der Waals surface area contributed by atoms with Gasteiger partial charge in [0.05, 0.1) is 11.1 Å². The Balaban J connectivity index is 1.43. The Bertz CT molecular complexity index is 1440. The minimum atomic E-state index is -0.849. The summed E-state index contributed by atoms with van der Waals surface area (Å²) < 4.78 is 0. The Labute approximate surface area is 209 Å². The molecule has 3 heterocycles. The number of rotatable bonds is 5. The summed E-state index contributed by atoms with van der Waals surface area (Å²) in [6.07, 6.45) is 2.43. The number of amides is 1. The van der Waals surface area contributed by atoms with Gasteiger partial charge in [-0.2, -0.15) is 0 Å². The van der Waals surface area contributed by atoms with Gasteiger partial charge in [-0.3, -0.25) is 4.79 Å². The second-order valence-electron chi connectivity index (χ2n) is 9.36. The zero-order chi connectivity index (χ0) is 25.2. The number of anilines is 3. The van der Waals surface area contributed by atoms with E-state index in [1.165, 1.54) is 10.5 Å². The highest BCUT2D eigenvalue weighted by Crippen LogP contribution is 2.31. The lowest BCUT2D eigenvalue weighted by Gasteiger charge is -2.30. The summed E-state index contributed by atoms with van der Waals surface area (Å²) in [4.78, 5) is 35.0. The zero-order valence-corrected chi connectivity index (χ0v) is 20.4. The number of likely N-dealkylation sites (tertiary alicyclic amines) is 1. The molecular formula is C28H29N5O3. The summed E-state index contributed by atoms with van der Waals surface area (Å²) in [5.74, 6) is 0.841. The molecule has 4 aromatic rings. The molecule has 0 radical (unpaired) electrons. The van der Waals surface area contributed by atoms with Gasteiger partial charge < -0.3 is 25.2 Å². The number of benzene rings is 2. The predicted octanol–water partition coefficient (Wildman–Crippen LogP) is 5.26. The number of carboxylic acid groups (broad SMARTS) is 1. The maximum atomic E-state index is 12.7. The summed E-state index contributed by atoms with van der Waals surface area (Å²) in [5.41, 5.74) is 4.67. The van der Waals surface area contributed by atoms with Gasteiger partial charge in [-0.15, -0.1) is 0 Å². The molecule has 3 N–H and O–H groups in total. The van der Waals surface area contributed by atoms with Gasteiger partial charge in [-0.1, -0.05) is 24.3 Å². The third-order valence-electron chi connectivity index (χ3n) is 6.84. The van der Waals surface area contributed by atoms with E-state index >= 15 is 0 Å². The van der Waals surface area contributed by atoms with Crippen LogP contribution in [-0.4, -0.2) is 53.3 Å². The quantitative estimate of drug-likeness (QED) is 0.358. The van der Waals surface area contributed by atoms with E-state index in [4.69, 9.17) is 4.98 Å². The van der Waals surface area contributed by atoms with E-state index in [1.54, 1.807) is 6.20 Å². The van der Waals surface area contributed by atoms with Gasteiger partial charge in [-0.05, 0) is 66.1 Å². The molecule has 2 aromatic carbocycles. The Kier molecular flexibility index (Phi) is 6.33. The molecule has 2 aromatic heterocycles. The van der Waals surface area contributed by atoms with Crippen LogP contribution in [0.15, 0.2) is 71.7 Å². The average Bonchev–Trinajstić information content (AvgIpc) is 2.89. The first kappa shape index (κ1) is 23.4. The summed E-state index contributed by atoms with van der Waals surface area (Å²) >= 11 is 0. The van der Waals surface area contributed by atoms with E-state index in [2.05, 4.69) is 22.4 Å². The molecule has 1 saturated heterocycles. The molecule has 0 atom stereocenters. The summed E-state index contributed by atoms with van der Waals surface area (Å²) in [7, 11) is 4.00. The van der Waals surface area contributed by atoms with Crippen molar-refractivity contribution in [2.45, 2.75) is 18.8 Å². The molecule has 0 bridgehead atoms. The smallest absolute Gasteiger partial charge is 0.407 e. The average molecular weight is 484 g/mol. The Hall–Kier alpha value is -4.33. The summed E-state index contributed by atoms with van der Waals surface area (Å²) in [5, 5.41) is 13.9. The number of H-pyrrole nitrogens is 1. The Morgan fingerprint density at radius 1 is 1.06 bits per heavy atom. The molecule has 0 aliphatic carbocycles. The van der Waals surface area contributed by atoms with Crippen LogP contribution in [0.4, 0.5) is 22.0 Å². The molecule has 1 aliphatic heterocycles. The van der Waals surface area contributed by atoms with Gasteiger partial charge in [0.1, 0.15) is 5.82 Å². The standard InChI is InChI=1S/C28H29N5O3/c1-32(2)23-9-5-20(6-10-23)24-17-21-11-14-29-27(34)25(21)26(31-24)30-22-7-3-18(4-8-22)19-12-15-33(16-13-19)28(35)36/h3-11,14,17,19H,12-13,15-16H2,1-2H3,(H,29,34)(H,30,31)(H,35,36). The van der Waals surface area contributed by atoms with E-state index in [0.717, 1.165) is 40.9 Å². The molecule has 1 amide bonds. The van der Waals surface area contributed by atoms with Crippen molar-refractivity contribution in [2.75, 3.05) is 37.4 Å². The molecular weight excluding hydrogens is 454 g/mol. The second-order valence-corrected chi connectivity index (χ2v) is 9.36. The SMILES string of the molecule is CN(C)c1ccc(-c2cc3cc[nH]c(=O)c3c(Nc3ccc(C4CCN(C(=O)O)CC4)cc3)n2)cc1. The van der Waals surface area contributed by atoms with E-state index in [9.17, 15) is 14.7 Å². The fourth-order valence-electron chi connectivity index (χ4n) is 4.76. The number of fused-ring (bicyclic) bond motifs is 1. The van der Waals surface area contributed by atoms with E-state index in [1.807, 2.05) is 67.5 Å². The lowest BCUT2D eigenvalue weighted by atomic mass is 9.89. The molecule has 0 unspecified atom stereocenters. The topological polar surface area (TPSA) is 102 Å². The van der Waals surface area contributed by atoms with Gasteiger partial charge >= 0.3 is 6.09 Å². The number of aromatic nitrogens is 2. The molecule has 8 heteroatoms. The van der Waals surface area contributed by atoms with Crippen LogP contribution >= 0.6 is 0 Å². The van der Waals surface area contributed by atoms with Crippen LogP contribution in [0.25, 0.3) is 22.0 Å². The number of nitrogens with one attached hydrogen (secondary N) is 2. The van der Waals surface area contributed by atoms with Crippen molar-refractivity contribution in [2.24, 2.45) is 0 Å². The minimum Gasteiger partial charge on any atom is -0.465 e. The monoisotopic (exact) mass is 483 g/mol. The van der Waals surface area contributed by atoms with Crippen molar-refractivity contribution in [3.63, 3.8) is 0 Å². The van der Waals surface area contributed by atoms with Crippen molar-refractivity contribution in [1.29, 1.82) is 0 Å². The maximum absolute atomic E-state index is 12.7. The molecule has 184 valence electrons. The first-order chi connectivity index (χ1) is 17.4. The van der Waals surface area contributed by atoms with Gasteiger partial charge in [0.25, 0.3) is 5.56 Å². The van der Waals surface area contributed by atoms with Crippen molar-refractivity contribution in [1.82, 2.24) is 14.9 Å². The van der Waals surface area contributed by atoms with Gasteiger partial charge in [0, 0.05) is 50.3 Å². The number of nitrogens with zero attached hydrogens (tertiary/aromatic N) is 3. The Morgan fingerprint density at radius 2 is 1.75 bits per heavy atom. The molecule has 1 aliphatic rings. The molecule has 36 heavy (non-hydrogen) atoms. The first-order valence-electron chi connectivity index (χ1n) is 12.0. The maximum Gasteiger partial charge on any atom is 0.407 e. The molecule has 5 rings (SSSR count). The second kappa shape index (κ2) is 9.73. The fourth-order valence-corrected chi connectivity index (χ4v) is 4.76. The van der Waals surface area contributed by atoms with Crippen LogP contribution in [0.2, 0.25) is 0 Å². The van der Waals surface area contributed by atoms with Crippen molar-refractivity contribution in [3.05, 3.63) is 82.8 Å². The van der Waals surface area contributed by atoms with E-state index in [-0.39, 0.29) is 5.56 Å². The van der Waals surface area contributed by atoms with Gasteiger partial charge in [0.15, 0.2) is 0 Å². The molecule has 1 fully saturated rings. The number of carbonyl (C=O) groups is 1. The van der Waals surface area contributed by atoms with Crippen LogP contribution in [0.5, 0.6) is 0 Å². The normalized spacial score (nSPS) is 14.1. The lowest BCUT2D eigenvalue weighted by molar-refractivity contribution is 0.132. The highest BCUT2D eigenvalue weighted by Gasteiger charge is 2.23. The van der Waals surface area contributed by atoms with Crippen LogP contribution < -0.4 is 15.8 Å². The van der Waals surface area contributed by atoms with Crippen molar-refractivity contribution < 1.29 is 9.90 Å². The number of hydrogen-bond acceptors (Lipinski definition) is 5. The van der Waals surface area contributed by atoms with Gasteiger partial charge in [-0.25, -0.2) is 9.78 Å². The zero-order valence-electron chi connectivity index (χ0n) is 20.4. The third kappa shape index (κ3) is 4.75. The molecule has 0 spiro atoms. The van der Waals surface area contributed by atoms with Crippen LogP contribution in [-0.2, 0) is 0 Å². The number of aromatic amines is 1. The highest BCUT2D eigenvalue weighted by atomic mass is 16.4. The Morgan fingerprint density at radius 3 is 2.39 bits per heavy atom. The molecule has 0 saturated carbocycles. The number of piperidine rings is 1. The van der Waals surface area contributed by atoms with Crippen LogP contribution in [0.3, 0.4) is 0 Å². The third-order valence-corrected chi connectivity index (χ3v) is 6.84. The summed E-state index contributed by atoms with van der Waals surface area (Å²) in [6, 6.07) is 20.1. The highest BCUT2D eigenvalue weighted by molar-refractivity contribution is 5.95. The van der Waals surface area contributed by atoms with Crippen LogP contribution in [0, 0.1) is 0 Å². The van der Waals surface area contributed by atoms with Crippen molar-refractivity contribution >= 4 is 34.1 Å². The predicted molar refractivity (Wildman–Crippen MR) is 143 cm³/mol. The number of hydrogen-bond donors (Lipinski definition) is 3. The van der Waals surface area contributed by atoms with Crippen LogP contribution in [0.1, 0.15) is 24.3 Å². The molecule has 8 nitrogen and oxygen atoms in total. The summed E-state index contributed by atoms with van der Waals surface area (Å²) in [6.45, 7) is 1.11. The fraction of sp³-hybridized carbons (Fsp3) is 0.250. The largest absolute Gasteiger partial charge is 0.465 e. The van der Waals surface area contributed by atoms with Gasteiger partial charge in [0.2, 0.25) is 0 Å². The van der Waals surface area contributed by atoms with Crippen molar-refractivity contribution in [3.8, 4) is 11.3 Å². The van der Waals surface area contributed by atoms with E-state index < -0.39 is 6.09 Å².